The molecule has 2 atom stereocenters. The number of rotatable bonds is 5. The lowest BCUT2D eigenvalue weighted by Gasteiger charge is -2.22. The van der Waals surface area contributed by atoms with Gasteiger partial charge in [0.25, 0.3) is 0 Å². The van der Waals surface area contributed by atoms with E-state index in [4.69, 9.17) is 0 Å². The molecule has 3 rings (SSSR count). The monoisotopic (exact) mass is 280 g/mol. The van der Waals surface area contributed by atoms with Gasteiger partial charge >= 0.3 is 0 Å². The molecule has 4 heteroatoms. The van der Waals surface area contributed by atoms with Gasteiger partial charge in [0.1, 0.15) is 0 Å². The first-order valence-corrected chi connectivity index (χ1v) is 7.31. The fourth-order valence-corrected chi connectivity index (χ4v) is 2.50. The maximum atomic E-state index is 4.50. The number of para-hydroxylation sites is 1. The van der Waals surface area contributed by atoms with Gasteiger partial charge in [-0.3, -0.25) is 9.67 Å². The first kappa shape index (κ1) is 13.8. The van der Waals surface area contributed by atoms with E-state index in [2.05, 4.69) is 53.5 Å². The van der Waals surface area contributed by atoms with Crippen molar-refractivity contribution in [1.29, 1.82) is 0 Å². The Hall–Kier alpha value is -2.20. The first-order valence-electron chi connectivity index (χ1n) is 7.31. The number of nitrogens with zero attached hydrogens (tertiary/aromatic N) is 3. The van der Waals surface area contributed by atoms with Crippen LogP contribution in [0.2, 0.25) is 0 Å². The van der Waals surface area contributed by atoms with E-state index < -0.39 is 0 Å². The molecule has 0 aliphatic carbocycles. The van der Waals surface area contributed by atoms with E-state index >= 15 is 0 Å². The molecular weight excluding hydrogens is 260 g/mol. The highest BCUT2D eigenvalue weighted by atomic mass is 15.3. The van der Waals surface area contributed by atoms with Gasteiger partial charge in [-0.05, 0) is 31.5 Å². The number of benzene rings is 1. The quantitative estimate of drug-likeness (QED) is 0.780. The second kappa shape index (κ2) is 6.06. The summed E-state index contributed by atoms with van der Waals surface area (Å²) in [5.41, 5.74) is 2.30. The van der Waals surface area contributed by atoms with Crippen molar-refractivity contribution >= 4 is 10.9 Å². The van der Waals surface area contributed by atoms with Crippen LogP contribution in [0, 0.1) is 0 Å². The number of fused-ring (bicyclic) bond motifs is 1. The Morgan fingerprint density at radius 3 is 2.76 bits per heavy atom. The van der Waals surface area contributed by atoms with E-state index in [1.807, 2.05) is 35.4 Å². The third-order valence-electron chi connectivity index (χ3n) is 4.00. The van der Waals surface area contributed by atoms with Crippen LogP contribution in [-0.2, 0) is 6.54 Å². The van der Waals surface area contributed by atoms with Gasteiger partial charge in [0.05, 0.1) is 11.6 Å². The minimum absolute atomic E-state index is 0.308. The summed E-state index contributed by atoms with van der Waals surface area (Å²) < 4.78 is 1.99. The Labute approximate surface area is 124 Å². The molecule has 2 aromatic heterocycles. The molecule has 0 saturated heterocycles. The van der Waals surface area contributed by atoms with E-state index in [-0.39, 0.29) is 0 Å². The van der Waals surface area contributed by atoms with Crippen LogP contribution in [0.1, 0.15) is 25.5 Å². The van der Waals surface area contributed by atoms with Crippen molar-refractivity contribution in [2.75, 3.05) is 0 Å². The summed E-state index contributed by atoms with van der Waals surface area (Å²) in [6.45, 7) is 5.16. The Balaban J connectivity index is 1.72. The normalized spacial score (nSPS) is 14.2. The molecule has 1 N–H and O–H groups in total. The fourth-order valence-electron chi connectivity index (χ4n) is 2.50. The lowest BCUT2D eigenvalue weighted by molar-refractivity contribution is 0.365. The largest absolute Gasteiger partial charge is 0.308 e. The number of hydrogen-bond acceptors (Lipinski definition) is 3. The number of aromatic nitrogens is 3. The zero-order valence-electron chi connectivity index (χ0n) is 12.4. The maximum Gasteiger partial charge on any atom is 0.0746 e. The average molecular weight is 280 g/mol. The van der Waals surface area contributed by atoms with Crippen LogP contribution in [0.5, 0.6) is 0 Å². The summed E-state index contributed by atoms with van der Waals surface area (Å²) in [5, 5.41) is 9.07. The summed E-state index contributed by atoms with van der Waals surface area (Å²) in [6, 6.07) is 13.0. The Morgan fingerprint density at radius 1 is 1.10 bits per heavy atom. The van der Waals surface area contributed by atoms with Crippen molar-refractivity contribution in [1.82, 2.24) is 20.1 Å². The highest BCUT2D eigenvalue weighted by Gasteiger charge is 2.14. The molecule has 0 saturated carbocycles. The van der Waals surface area contributed by atoms with Gasteiger partial charge in [0.15, 0.2) is 0 Å². The van der Waals surface area contributed by atoms with Crippen LogP contribution < -0.4 is 5.32 Å². The van der Waals surface area contributed by atoms with Gasteiger partial charge in [0.2, 0.25) is 0 Å². The van der Waals surface area contributed by atoms with Crippen LogP contribution in [0.15, 0.2) is 55.0 Å². The van der Waals surface area contributed by atoms with E-state index in [0.717, 1.165) is 12.1 Å². The summed E-state index contributed by atoms with van der Waals surface area (Å²) in [6.07, 6.45) is 5.67. The molecule has 2 heterocycles. The Bertz CT molecular complexity index is 700. The lowest BCUT2D eigenvalue weighted by Crippen LogP contribution is -2.33. The van der Waals surface area contributed by atoms with Crippen LogP contribution in [0.4, 0.5) is 0 Å². The van der Waals surface area contributed by atoms with E-state index in [1.165, 1.54) is 10.9 Å². The molecule has 0 radical (unpaired) electrons. The minimum Gasteiger partial charge on any atom is -0.308 e. The van der Waals surface area contributed by atoms with Crippen molar-refractivity contribution in [3.8, 4) is 0 Å². The molecule has 0 spiro atoms. The van der Waals surface area contributed by atoms with Crippen LogP contribution >= 0.6 is 0 Å². The molecule has 0 aliphatic rings. The maximum absolute atomic E-state index is 4.50. The molecule has 3 aromatic rings. The van der Waals surface area contributed by atoms with Crippen LogP contribution in [-0.4, -0.2) is 20.8 Å². The molecule has 4 nitrogen and oxygen atoms in total. The standard InChI is InChI=1S/C17H20N4/c1-13(14(2)21-11-5-10-20-21)19-12-16-7-3-6-15-8-4-9-18-17(15)16/h3-11,13-14,19H,12H2,1-2H3/t13-,14-/m1/s1. The van der Waals surface area contributed by atoms with Crippen molar-refractivity contribution < 1.29 is 0 Å². The van der Waals surface area contributed by atoms with E-state index in [9.17, 15) is 0 Å². The molecule has 0 unspecified atom stereocenters. The Kier molecular flexibility index (Phi) is 3.97. The van der Waals surface area contributed by atoms with Crippen molar-refractivity contribution in [3.05, 3.63) is 60.6 Å². The summed E-state index contributed by atoms with van der Waals surface area (Å²) >= 11 is 0. The minimum atomic E-state index is 0.308. The highest BCUT2D eigenvalue weighted by Crippen LogP contribution is 2.17. The summed E-state index contributed by atoms with van der Waals surface area (Å²) in [5.74, 6) is 0. The number of hydrogen-bond donors (Lipinski definition) is 1. The van der Waals surface area contributed by atoms with Gasteiger partial charge in [-0.25, -0.2) is 0 Å². The van der Waals surface area contributed by atoms with Gasteiger partial charge in [0, 0.05) is 36.6 Å². The van der Waals surface area contributed by atoms with Crippen molar-refractivity contribution in [3.63, 3.8) is 0 Å². The first-order chi connectivity index (χ1) is 10.3. The summed E-state index contributed by atoms with van der Waals surface area (Å²) in [4.78, 5) is 4.50. The van der Waals surface area contributed by atoms with Gasteiger partial charge in [-0.1, -0.05) is 24.3 Å². The topological polar surface area (TPSA) is 42.7 Å². The van der Waals surface area contributed by atoms with Crippen molar-refractivity contribution in [2.24, 2.45) is 0 Å². The second-order valence-electron chi connectivity index (χ2n) is 5.39. The fraction of sp³-hybridized carbons (Fsp3) is 0.294. The SMILES string of the molecule is C[C@H]([C@@H](C)NCc1cccc2cccnc12)n1cccn1. The molecule has 0 fully saturated rings. The van der Waals surface area contributed by atoms with Gasteiger partial charge in [-0.15, -0.1) is 0 Å². The van der Waals surface area contributed by atoms with Gasteiger partial charge < -0.3 is 5.32 Å². The predicted molar refractivity (Wildman–Crippen MR) is 85.0 cm³/mol. The summed E-state index contributed by atoms with van der Waals surface area (Å²) in [7, 11) is 0. The lowest BCUT2D eigenvalue weighted by atomic mass is 10.1. The molecule has 0 amide bonds. The molecule has 1 aromatic carbocycles. The third kappa shape index (κ3) is 2.95. The molecule has 0 bridgehead atoms. The highest BCUT2D eigenvalue weighted by molar-refractivity contribution is 5.81. The number of pyridine rings is 1. The van der Waals surface area contributed by atoms with E-state index in [0.29, 0.717) is 12.1 Å². The van der Waals surface area contributed by atoms with Gasteiger partial charge in [-0.2, -0.15) is 5.10 Å². The van der Waals surface area contributed by atoms with Crippen molar-refractivity contribution in [2.45, 2.75) is 32.5 Å². The third-order valence-corrected chi connectivity index (χ3v) is 4.00. The smallest absolute Gasteiger partial charge is 0.0746 e. The second-order valence-corrected chi connectivity index (χ2v) is 5.39. The zero-order chi connectivity index (χ0) is 14.7. The predicted octanol–water partition coefficient (Wildman–Crippen LogP) is 3.17. The average Bonchev–Trinajstić information content (AvgIpc) is 3.06. The zero-order valence-corrected chi connectivity index (χ0v) is 12.4. The van der Waals surface area contributed by atoms with Crippen LogP contribution in [0.3, 0.4) is 0 Å². The molecule has 21 heavy (non-hydrogen) atoms. The molecule has 108 valence electrons. The number of nitrogens with one attached hydrogen (secondary N) is 1. The van der Waals surface area contributed by atoms with Crippen LogP contribution in [0.25, 0.3) is 10.9 Å². The van der Waals surface area contributed by atoms with E-state index in [1.54, 1.807) is 0 Å². The molecule has 0 aliphatic heterocycles. The Morgan fingerprint density at radius 2 is 1.95 bits per heavy atom. The molecular formula is C17H20N4.